The predicted molar refractivity (Wildman–Crippen MR) is 77.8 cm³/mol. The van der Waals surface area contributed by atoms with Crippen LogP contribution in [0.4, 0.5) is 0 Å². The maximum atomic E-state index is 10.4. The number of rotatable bonds is 5. The first-order valence-electron chi connectivity index (χ1n) is 7.80. The minimum Gasteiger partial charge on any atom is -0.390 e. The van der Waals surface area contributed by atoms with E-state index in [2.05, 4.69) is 20.0 Å². The second-order valence-electron chi connectivity index (χ2n) is 6.02. The number of nitrogens with zero attached hydrogens (tertiary/aromatic N) is 5. The van der Waals surface area contributed by atoms with Gasteiger partial charge in [0.15, 0.2) is 0 Å². The number of aliphatic hydroxyl groups excluding tert-OH is 1. The van der Waals surface area contributed by atoms with Crippen LogP contribution in [-0.4, -0.2) is 81.7 Å². The van der Waals surface area contributed by atoms with Crippen molar-refractivity contribution in [2.45, 2.75) is 25.0 Å². The molecular weight excluding hydrogens is 270 g/mol. The molecule has 2 atom stereocenters. The van der Waals surface area contributed by atoms with Crippen LogP contribution in [0.2, 0.25) is 0 Å². The van der Waals surface area contributed by atoms with Gasteiger partial charge in [0, 0.05) is 33.2 Å². The van der Waals surface area contributed by atoms with Crippen molar-refractivity contribution in [1.29, 1.82) is 0 Å². The van der Waals surface area contributed by atoms with Crippen LogP contribution in [0.3, 0.4) is 0 Å². The van der Waals surface area contributed by atoms with Crippen LogP contribution in [0, 0.1) is 0 Å². The maximum absolute atomic E-state index is 10.4. The molecule has 3 rings (SSSR count). The molecule has 21 heavy (non-hydrogen) atoms. The van der Waals surface area contributed by atoms with Gasteiger partial charge < -0.3 is 14.4 Å². The molecule has 1 aromatic rings. The highest BCUT2D eigenvalue weighted by Crippen LogP contribution is 2.30. The number of aryl methyl sites for hydroxylation is 1. The molecule has 7 heteroatoms. The molecule has 0 spiro atoms. The molecule has 0 aromatic carbocycles. The van der Waals surface area contributed by atoms with Crippen LogP contribution < -0.4 is 0 Å². The van der Waals surface area contributed by atoms with Crippen molar-refractivity contribution in [2.75, 3.05) is 45.9 Å². The number of aliphatic hydroxyl groups is 1. The fraction of sp³-hybridized carbons (Fsp3) is 0.857. The van der Waals surface area contributed by atoms with Gasteiger partial charge in [0.25, 0.3) is 0 Å². The summed E-state index contributed by atoms with van der Waals surface area (Å²) in [6, 6.07) is 0.289. The van der Waals surface area contributed by atoms with Crippen molar-refractivity contribution in [2.24, 2.45) is 7.05 Å². The van der Waals surface area contributed by atoms with E-state index in [0.29, 0.717) is 6.54 Å². The molecule has 0 aliphatic carbocycles. The number of aromatic nitrogens is 3. The van der Waals surface area contributed by atoms with E-state index in [9.17, 15) is 5.11 Å². The van der Waals surface area contributed by atoms with Crippen LogP contribution in [0.1, 0.15) is 24.7 Å². The van der Waals surface area contributed by atoms with E-state index in [1.807, 2.05) is 11.6 Å². The van der Waals surface area contributed by atoms with E-state index in [-0.39, 0.29) is 12.1 Å². The Balaban J connectivity index is 1.54. The number of morpholine rings is 1. The first-order valence-corrected chi connectivity index (χ1v) is 7.80. The molecule has 2 aliphatic rings. The number of ether oxygens (including phenoxy) is 1. The number of likely N-dealkylation sites (tertiary alicyclic amines) is 1. The zero-order chi connectivity index (χ0) is 14.7. The fourth-order valence-electron chi connectivity index (χ4n) is 3.34. The highest BCUT2D eigenvalue weighted by molar-refractivity contribution is 4.98. The van der Waals surface area contributed by atoms with Crippen molar-refractivity contribution in [3.8, 4) is 0 Å². The number of β-amino-alcohol motifs (C(OH)–C–C–N with tert-alkyl or cyclic N) is 1. The van der Waals surface area contributed by atoms with Gasteiger partial charge in [-0.25, -0.2) is 0 Å². The summed E-state index contributed by atoms with van der Waals surface area (Å²) in [6.07, 6.45) is 3.67. The summed E-state index contributed by atoms with van der Waals surface area (Å²) in [4.78, 5) is 4.62. The van der Waals surface area contributed by atoms with Crippen molar-refractivity contribution in [1.82, 2.24) is 24.6 Å². The van der Waals surface area contributed by atoms with Crippen molar-refractivity contribution >= 4 is 0 Å². The Morgan fingerprint density at radius 3 is 2.86 bits per heavy atom. The van der Waals surface area contributed by atoms with Gasteiger partial charge in [-0.3, -0.25) is 9.80 Å². The molecule has 118 valence electrons. The van der Waals surface area contributed by atoms with Gasteiger partial charge >= 0.3 is 0 Å². The van der Waals surface area contributed by atoms with Crippen LogP contribution in [0.15, 0.2) is 6.33 Å². The van der Waals surface area contributed by atoms with E-state index in [1.165, 1.54) is 0 Å². The van der Waals surface area contributed by atoms with Gasteiger partial charge in [-0.05, 0) is 19.4 Å². The summed E-state index contributed by atoms with van der Waals surface area (Å²) in [5.41, 5.74) is 0. The Labute approximate surface area is 125 Å². The zero-order valence-corrected chi connectivity index (χ0v) is 12.7. The van der Waals surface area contributed by atoms with Gasteiger partial charge in [0.2, 0.25) is 0 Å². The van der Waals surface area contributed by atoms with Gasteiger partial charge in [-0.2, -0.15) is 0 Å². The van der Waals surface area contributed by atoms with Gasteiger partial charge in [0.05, 0.1) is 25.4 Å². The Bertz CT molecular complexity index is 446. The smallest absolute Gasteiger partial charge is 0.149 e. The van der Waals surface area contributed by atoms with E-state index in [4.69, 9.17) is 4.74 Å². The van der Waals surface area contributed by atoms with E-state index in [1.54, 1.807) is 6.33 Å². The van der Waals surface area contributed by atoms with Crippen LogP contribution in [0.5, 0.6) is 0 Å². The molecule has 0 amide bonds. The molecule has 2 aliphatic heterocycles. The van der Waals surface area contributed by atoms with Gasteiger partial charge in [-0.1, -0.05) is 0 Å². The lowest BCUT2D eigenvalue weighted by molar-refractivity contribution is 0.00551. The van der Waals surface area contributed by atoms with Crippen molar-refractivity contribution in [3.05, 3.63) is 12.2 Å². The normalized spacial score (nSPS) is 26.3. The van der Waals surface area contributed by atoms with Crippen molar-refractivity contribution < 1.29 is 9.84 Å². The number of hydrogen-bond acceptors (Lipinski definition) is 6. The lowest BCUT2D eigenvalue weighted by atomic mass is 10.2. The summed E-state index contributed by atoms with van der Waals surface area (Å²) in [7, 11) is 1.98. The SMILES string of the molecule is Cn1cnnc1C1CCCN1CC(O)CN1CCOCC1. The third kappa shape index (κ3) is 3.60. The Morgan fingerprint density at radius 1 is 1.33 bits per heavy atom. The number of hydrogen-bond donors (Lipinski definition) is 1. The molecular formula is C14H25N5O2. The van der Waals surface area contributed by atoms with E-state index >= 15 is 0 Å². The molecule has 0 saturated carbocycles. The maximum Gasteiger partial charge on any atom is 0.149 e. The lowest BCUT2D eigenvalue weighted by Gasteiger charge is -2.31. The molecule has 1 aromatic heterocycles. The topological polar surface area (TPSA) is 66.7 Å². The second-order valence-corrected chi connectivity index (χ2v) is 6.02. The lowest BCUT2D eigenvalue weighted by Crippen LogP contribution is -2.44. The summed E-state index contributed by atoms with van der Waals surface area (Å²) < 4.78 is 7.33. The first-order chi connectivity index (χ1) is 10.2. The van der Waals surface area contributed by atoms with Crippen molar-refractivity contribution in [3.63, 3.8) is 0 Å². The summed E-state index contributed by atoms with van der Waals surface area (Å²) in [5, 5.41) is 18.6. The van der Waals surface area contributed by atoms with Gasteiger partial charge in [0.1, 0.15) is 12.2 Å². The average Bonchev–Trinajstić information content (AvgIpc) is 3.08. The van der Waals surface area contributed by atoms with Crippen LogP contribution in [0.25, 0.3) is 0 Å². The van der Waals surface area contributed by atoms with Gasteiger partial charge in [-0.15, -0.1) is 10.2 Å². The highest BCUT2D eigenvalue weighted by atomic mass is 16.5. The third-order valence-electron chi connectivity index (χ3n) is 4.43. The van der Waals surface area contributed by atoms with Crippen LogP contribution in [-0.2, 0) is 11.8 Å². The molecule has 1 N–H and O–H groups in total. The summed E-state index contributed by atoms with van der Waals surface area (Å²) in [6.45, 7) is 5.85. The average molecular weight is 295 g/mol. The molecule has 2 saturated heterocycles. The summed E-state index contributed by atoms with van der Waals surface area (Å²) >= 11 is 0. The van der Waals surface area contributed by atoms with Crippen LogP contribution >= 0.6 is 0 Å². The Kier molecular flexibility index (Phi) is 4.84. The predicted octanol–water partition coefficient (Wildman–Crippen LogP) is -0.355. The Morgan fingerprint density at radius 2 is 2.14 bits per heavy atom. The minimum atomic E-state index is -0.322. The quantitative estimate of drug-likeness (QED) is 0.800. The highest BCUT2D eigenvalue weighted by Gasteiger charge is 2.31. The second kappa shape index (κ2) is 6.83. The molecule has 2 fully saturated rings. The molecule has 7 nitrogen and oxygen atoms in total. The molecule has 2 unspecified atom stereocenters. The standard InChI is InChI=1S/C14H25N5O2/c1-17-11-15-16-14(17)13-3-2-4-19(13)10-12(20)9-18-5-7-21-8-6-18/h11-13,20H,2-10H2,1H3. The Hall–Kier alpha value is -1.02. The summed E-state index contributed by atoms with van der Waals surface area (Å²) in [5.74, 6) is 1.01. The first kappa shape index (κ1) is 14.9. The van der Waals surface area contributed by atoms with E-state index in [0.717, 1.165) is 58.1 Å². The monoisotopic (exact) mass is 295 g/mol. The molecule has 0 bridgehead atoms. The largest absolute Gasteiger partial charge is 0.390 e. The molecule has 3 heterocycles. The zero-order valence-electron chi connectivity index (χ0n) is 12.7. The molecule has 0 radical (unpaired) electrons. The minimum absolute atomic E-state index is 0.289. The van der Waals surface area contributed by atoms with E-state index < -0.39 is 0 Å². The fourth-order valence-corrected chi connectivity index (χ4v) is 3.34. The third-order valence-corrected chi connectivity index (χ3v) is 4.43.